The third kappa shape index (κ3) is 7.47. The van der Waals surface area contributed by atoms with Crippen LogP contribution in [0.3, 0.4) is 0 Å². The number of carbonyl (C=O) groups excluding carboxylic acids is 1. The normalized spacial score (nSPS) is 10.7. The predicted octanol–water partition coefficient (Wildman–Crippen LogP) is 2.69. The van der Waals surface area contributed by atoms with E-state index in [0.29, 0.717) is 36.6 Å². The van der Waals surface area contributed by atoms with Gasteiger partial charge in [-0.15, -0.1) is 0 Å². The fourth-order valence-corrected chi connectivity index (χ4v) is 3.64. The molecule has 9 nitrogen and oxygen atoms in total. The Labute approximate surface area is 182 Å². The van der Waals surface area contributed by atoms with Gasteiger partial charge >= 0.3 is 0 Å². The molecule has 0 bridgehead atoms. The topological polar surface area (TPSA) is 127 Å². The molecule has 2 aromatic carbocycles. The van der Waals surface area contributed by atoms with Crippen molar-refractivity contribution in [3.05, 3.63) is 42.5 Å². The lowest BCUT2D eigenvalue weighted by molar-refractivity contribution is -0.116. The van der Waals surface area contributed by atoms with Gasteiger partial charge in [-0.3, -0.25) is 4.79 Å². The Morgan fingerprint density at radius 2 is 1.87 bits per heavy atom. The highest BCUT2D eigenvalue weighted by Gasteiger charge is 2.17. The van der Waals surface area contributed by atoms with Gasteiger partial charge < -0.3 is 19.5 Å². The number of amides is 1. The highest BCUT2D eigenvalue weighted by Crippen LogP contribution is 2.29. The first-order chi connectivity index (χ1) is 14.9. The summed E-state index contributed by atoms with van der Waals surface area (Å²) >= 11 is 0. The number of hydrogen-bond acceptors (Lipinski definition) is 7. The molecule has 0 aromatic heterocycles. The van der Waals surface area contributed by atoms with Gasteiger partial charge in [-0.1, -0.05) is 6.07 Å². The Hall–Kier alpha value is -3.29. The molecule has 0 aliphatic rings. The van der Waals surface area contributed by atoms with E-state index in [1.807, 2.05) is 6.07 Å². The lowest BCUT2D eigenvalue weighted by atomic mass is 10.3. The molecule has 0 saturated heterocycles. The smallest absolute Gasteiger partial charge is 0.240 e. The van der Waals surface area contributed by atoms with Gasteiger partial charge in [0.2, 0.25) is 15.9 Å². The van der Waals surface area contributed by atoms with Crippen LogP contribution in [0.4, 0.5) is 5.69 Å². The van der Waals surface area contributed by atoms with Crippen molar-refractivity contribution >= 4 is 21.6 Å². The van der Waals surface area contributed by atoms with Crippen molar-refractivity contribution in [1.29, 1.82) is 5.26 Å². The minimum absolute atomic E-state index is 0.00630. The zero-order valence-corrected chi connectivity index (χ0v) is 18.2. The third-order valence-electron chi connectivity index (χ3n) is 4.13. The Balaban J connectivity index is 1.87. The summed E-state index contributed by atoms with van der Waals surface area (Å²) in [5.74, 6) is 0.927. The molecule has 0 saturated carbocycles. The molecule has 2 N–H and O–H groups in total. The van der Waals surface area contributed by atoms with Crippen molar-refractivity contribution in [2.75, 3.05) is 32.7 Å². The molecule has 0 aliphatic heterocycles. The summed E-state index contributed by atoms with van der Waals surface area (Å²) in [6, 6.07) is 13.1. The van der Waals surface area contributed by atoms with Crippen LogP contribution in [0.25, 0.3) is 0 Å². The van der Waals surface area contributed by atoms with Crippen molar-refractivity contribution in [2.24, 2.45) is 0 Å². The molecule has 0 unspecified atom stereocenters. The number of rotatable bonds is 12. The van der Waals surface area contributed by atoms with Gasteiger partial charge in [0.05, 0.1) is 31.8 Å². The Kier molecular flexibility index (Phi) is 9.12. The fraction of sp³-hybridized carbons (Fsp3) is 0.333. The summed E-state index contributed by atoms with van der Waals surface area (Å²) in [6.07, 6.45) is 0.975. The molecule has 10 heteroatoms. The summed E-state index contributed by atoms with van der Waals surface area (Å²) in [6.45, 7) is 0.329. The average Bonchev–Trinajstić information content (AvgIpc) is 2.76. The Bertz CT molecular complexity index is 1030. The van der Waals surface area contributed by atoms with Crippen LogP contribution in [0.15, 0.2) is 47.4 Å². The van der Waals surface area contributed by atoms with Gasteiger partial charge in [-0.2, -0.15) is 5.26 Å². The van der Waals surface area contributed by atoms with Crippen LogP contribution >= 0.6 is 0 Å². The van der Waals surface area contributed by atoms with Crippen molar-refractivity contribution < 1.29 is 27.4 Å². The van der Waals surface area contributed by atoms with E-state index in [1.165, 1.54) is 32.4 Å². The van der Waals surface area contributed by atoms with Gasteiger partial charge in [0.15, 0.2) is 11.5 Å². The monoisotopic (exact) mass is 447 g/mol. The molecule has 0 aliphatic carbocycles. The molecule has 0 radical (unpaired) electrons. The van der Waals surface area contributed by atoms with Crippen molar-refractivity contribution in [2.45, 2.75) is 24.2 Å². The van der Waals surface area contributed by atoms with Crippen LogP contribution in [0.2, 0.25) is 0 Å². The second-order valence-corrected chi connectivity index (χ2v) is 8.12. The molecule has 1 amide bonds. The number of hydrogen-bond donors (Lipinski definition) is 2. The standard InChI is InChI=1S/C21H25N3O6S/c1-28-19-9-8-18(15-20(19)29-2)31(26,27)23-12-10-21(25)24-16-6-5-7-17(14-16)30-13-4-3-11-22/h5-9,14-15,23H,3-4,10,12-13H2,1-2H3,(H,24,25). The number of methoxy groups -OCH3 is 2. The fourth-order valence-electron chi connectivity index (χ4n) is 2.59. The van der Waals surface area contributed by atoms with Gasteiger partial charge in [-0.25, -0.2) is 13.1 Å². The van der Waals surface area contributed by atoms with E-state index >= 15 is 0 Å². The maximum absolute atomic E-state index is 12.5. The molecule has 31 heavy (non-hydrogen) atoms. The summed E-state index contributed by atoms with van der Waals surface area (Å²) < 4.78 is 43.1. The number of carbonyl (C=O) groups is 1. The van der Waals surface area contributed by atoms with Crippen molar-refractivity contribution in [1.82, 2.24) is 4.72 Å². The first kappa shape index (κ1) is 24.0. The number of nitrogens with one attached hydrogen (secondary N) is 2. The average molecular weight is 448 g/mol. The number of unbranched alkanes of at least 4 members (excludes halogenated alkanes) is 1. The second-order valence-electron chi connectivity index (χ2n) is 6.35. The van der Waals surface area contributed by atoms with Crippen LogP contribution < -0.4 is 24.2 Å². The van der Waals surface area contributed by atoms with Gasteiger partial charge in [-0.05, 0) is 30.7 Å². The maximum Gasteiger partial charge on any atom is 0.240 e. The molecule has 0 spiro atoms. The molecule has 2 aromatic rings. The van der Waals surface area contributed by atoms with Crippen LogP contribution in [0, 0.1) is 11.3 Å². The van der Waals surface area contributed by atoms with E-state index in [9.17, 15) is 13.2 Å². The minimum atomic E-state index is -3.82. The third-order valence-corrected chi connectivity index (χ3v) is 5.59. The Morgan fingerprint density at radius 1 is 1.10 bits per heavy atom. The summed E-state index contributed by atoms with van der Waals surface area (Å²) in [4.78, 5) is 12.2. The van der Waals surface area contributed by atoms with Gasteiger partial charge in [0.1, 0.15) is 5.75 Å². The SMILES string of the molecule is COc1ccc(S(=O)(=O)NCCC(=O)Nc2cccc(OCCCC#N)c2)cc1OC. The van der Waals surface area contributed by atoms with Crippen molar-refractivity contribution in [3.8, 4) is 23.3 Å². The number of ether oxygens (including phenoxy) is 3. The van der Waals surface area contributed by atoms with Crippen LogP contribution in [-0.2, 0) is 14.8 Å². The number of benzene rings is 2. The van der Waals surface area contributed by atoms with E-state index in [0.717, 1.165) is 0 Å². The van der Waals surface area contributed by atoms with Crippen molar-refractivity contribution in [3.63, 3.8) is 0 Å². The Morgan fingerprint density at radius 3 is 2.58 bits per heavy atom. The zero-order valence-electron chi connectivity index (χ0n) is 17.4. The van der Waals surface area contributed by atoms with E-state index < -0.39 is 10.0 Å². The number of nitrogens with zero attached hydrogens (tertiary/aromatic N) is 1. The van der Waals surface area contributed by atoms with Crippen LogP contribution in [0.1, 0.15) is 19.3 Å². The molecule has 2 rings (SSSR count). The molecule has 166 valence electrons. The molecule has 0 atom stereocenters. The lowest BCUT2D eigenvalue weighted by Gasteiger charge is -2.11. The van der Waals surface area contributed by atoms with E-state index in [1.54, 1.807) is 24.3 Å². The van der Waals surface area contributed by atoms with Gasteiger partial charge in [0.25, 0.3) is 0 Å². The first-order valence-corrected chi connectivity index (χ1v) is 11.0. The molecule has 0 heterocycles. The summed E-state index contributed by atoms with van der Waals surface area (Å²) in [5.41, 5.74) is 0.533. The highest BCUT2D eigenvalue weighted by molar-refractivity contribution is 7.89. The number of anilines is 1. The zero-order chi connectivity index (χ0) is 22.7. The highest BCUT2D eigenvalue weighted by atomic mass is 32.2. The van der Waals surface area contributed by atoms with E-state index in [2.05, 4.69) is 10.0 Å². The largest absolute Gasteiger partial charge is 0.493 e. The van der Waals surface area contributed by atoms with Gasteiger partial charge in [0, 0.05) is 37.2 Å². The predicted molar refractivity (Wildman–Crippen MR) is 115 cm³/mol. The number of nitriles is 1. The lowest BCUT2D eigenvalue weighted by Crippen LogP contribution is -2.27. The number of sulfonamides is 1. The first-order valence-electron chi connectivity index (χ1n) is 9.51. The molecular formula is C21H25N3O6S. The minimum Gasteiger partial charge on any atom is -0.493 e. The maximum atomic E-state index is 12.5. The molecule has 0 fully saturated rings. The quantitative estimate of drug-likeness (QED) is 0.479. The van der Waals surface area contributed by atoms with Crippen LogP contribution in [-0.4, -0.2) is 41.7 Å². The molecular weight excluding hydrogens is 422 g/mol. The van der Waals surface area contributed by atoms with E-state index in [4.69, 9.17) is 19.5 Å². The summed E-state index contributed by atoms with van der Waals surface area (Å²) in [7, 11) is -0.944. The summed E-state index contributed by atoms with van der Waals surface area (Å²) in [5, 5.41) is 11.2. The second kappa shape index (κ2) is 11.8. The van der Waals surface area contributed by atoms with Crippen LogP contribution in [0.5, 0.6) is 17.2 Å². The van der Waals surface area contributed by atoms with E-state index in [-0.39, 0.29) is 29.5 Å².